The van der Waals surface area contributed by atoms with Crippen molar-refractivity contribution in [3.8, 4) is 0 Å². The third-order valence-electron chi connectivity index (χ3n) is 3.14. The first-order chi connectivity index (χ1) is 9.02. The van der Waals surface area contributed by atoms with Crippen LogP contribution < -0.4 is 4.90 Å². The monoisotopic (exact) mass is 263 g/mol. The first-order valence-electron chi connectivity index (χ1n) is 6.12. The smallest absolute Gasteiger partial charge is 0.132 e. The van der Waals surface area contributed by atoms with Crippen molar-refractivity contribution in [2.45, 2.75) is 20.1 Å². The Balaban J connectivity index is 2.27. The second-order valence-corrected chi connectivity index (χ2v) is 4.66. The minimum atomic E-state index is -0.241. The predicted octanol–water partition coefficient (Wildman–Crippen LogP) is 2.00. The molecule has 5 heteroatoms. The van der Waals surface area contributed by atoms with Crippen molar-refractivity contribution in [3.05, 3.63) is 46.9 Å². The summed E-state index contributed by atoms with van der Waals surface area (Å²) in [7, 11) is 3.74. The second kappa shape index (κ2) is 5.40. The lowest BCUT2D eigenvalue weighted by atomic mass is 10.2. The molecule has 0 bridgehead atoms. The van der Waals surface area contributed by atoms with Crippen molar-refractivity contribution in [3.63, 3.8) is 0 Å². The Morgan fingerprint density at radius 3 is 2.79 bits per heavy atom. The molecular formula is C14H18FN3O. The standard InChI is InChI=1S/C14H18FN3O/c1-10-13(9-19)14(18(3)16-10)17(2)8-11-5-4-6-12(15)7-11/h4-7,19H,8-9H2,1-3H3. The summed E-state index contributed by atoms with van der Waals surface area (Å²) >= 11 is 0. The molecule has 0 spiro atoms. The van der Waals surface area contributed by atoms with Gasteiger partial charge in [0.05, 0.1) is 12.3 Å². The lowest BCUT2D eigenvalue weighted by molar-refractivity contribution is 0.281. The maximum Gasteiger partial charge on any atom is 0.132 e. The highest BCUT2D eigenvalue weighted by Crippen LogP contribution is 2.23. The van der Waals surface area contributed by atoms with Crippen molar-refractivity contribution in [2.24, 2.45) is 7.05 Å². The van der Waals surface area contributed by atoms with Gasteiger partial charge in [0.25, 0.3) is 0 Å². The second-order valence-electron chi connectivity index (χ2n) is 4.66. The van der Waals surface area contributed by atoms with E-state index < -0.39 is 0 Å². The number of aliphatic hydroxyl groups excluding tert-OH is 1. The van der Waals surface area contributed by atoms with Crippen LogP contribution in [-0.4, -0.2) is 21.9 Å². The number of nitrogens with zero attached hydrogens (tertiary/aromatic N) is 3. The van der Waals surface area contributed by atoms with Crippen LogP contribution in [0.3, 0.4) is 0 Å². The summed E-state index contributed by atoms with van der Waals surface area (Å²) in [5.74, 6) is 0.610. The fourth-order valence-electron chi connectivity index (χ4n) is 2.34. The van der Waals surface area contributed by atoms with Crippen LogP contribution in [0.4, 0.5) is 10.2 Å². The summed E-state index contributed by atoms with van der Waals surface area (Å²) in [6.45, 7) is 2.37. The molecule has 0 saturated carbocycles. The fraction of sp³-hybridized carbons (Fsp3) is 0.357. The van der Waals surface area contributed by atoms with Gasteiger partial charge in [0.1, 0.15) is 11.6 Å². The van der Waals surface area contributed by atoms with Gasteiger partial charge >= 0.3 is 0 Å². The van der Waals surface area contributed by atoms with Gasteiger partial charge in [-0.05, 0) is 24.6 Å². The highest BCUT2D eigenvalue weighted by atomic mass is 19.1. The molecule has 1 heterocycles. The fourth-order valence-corrected chi connectivity index (χ4v) is 2.34. The third kappa shape index (κ3) is 2.76. The first kappa shape index (κ1) is 13.5. The van der Waals surface area contributed by atoms with E-state index in [-0.39, 0.29) is 12.4 Å². The molecule has 0 radical (unpaired) electrons. The quantitative estimate of drug-likeness (QED) is 0.917. The number of anilines is 1. The molecule has 0 amide bonds. The highest BCUT2D eigenvalue weighted by Gasteiger charge is 2.16. The van der Waals surface area contributed by atoms with Crippen LogP contribution in [-0.2, 0) is 20.2 Å². The lowest BCUT2D eigenvalue weighted by Crippen LogP contribution is -2.20. The molecule has 19 heavy (non-hydrogen) atoms. The molecule has 0 fully saturated rings. The Morgan fingerprint density at radius 1 is 1.42 bits per heavy atom. The molecule has 0 aliphatic rings. The molecule has 2 aromatic rings. The molecule has 4 nitrogen and oxygen atoms in total. The Bertz CT molecular complexity index is 580. The van der Waals surface area contributed by atoms with Crippen LogP contribution in [0.25, 0.3) is 0 Å². The largest absolute Gasteiger partial charge is 0.391 e. The van der Waals surface area contributed by atoms with Crippen LogP contribution in [0.2, 0.25) is 0 Å². The Kier molecular flexibility index (Phi) is 3.85. The lowest BCUT2D eigenvalue weighted by Gasteiger charge is -2.20. The zero-order valence-electron chi connectivity index (χ0n) is 11.4. The summed E-state index contributed by atoms with van der Waals surface area (Å²) in [6.07, 6.45) is 0. The molecule has 0 unspecified atom stereocenters. The number of aliphatic hydroxyl groups is 1. The van der Waals surface area contributed by atoms with Gasteiger partial charge in [-0.2, -0.15) is 5.10 Å². The molecule has 1 aromatic heterocycles. The van der Waals surface area contributed by atoms with E-state index in [1.54, 1.807) is 10.7 Å². The number of rotatable bonds is 4. The average molecular weight is 263 g/mol. The van der Waals surface area contributed by atoms with Crippen LogP contribution in [0.1, 0.15) is 16.8 Å². The molecule has 0 aliphatic heterocycles. The van der Waals surface area contributed by atoms with Crippen molar-refractivity contribution < 1.29 is 9.50 Å². The maximum atomic E-state index is 13.2. The molecule has 0 aliphatic carbocycles. The van der Waals surface area contributed by atoms with Crippen LogP contribution in [0.5, 0.6) is 0 Å². The number of benzene rings is 1. The van der Waals surface area contributed by atoms with E-state index in [9.17, 15) is 9.50 Å². The van der Waals surface area contributed by atoms with Gasteiger partial charge in [-0.1, -0.05) is 12.1 Å². The number of aryl methyl sites for hydroxylation is 2. The third-order valence-corrected chi connectivity index (χ3v) is 3.14. The van der Waals surface area contributed by atoms with E-state index in [1.165, 1.54) is 12.1 Å². The van der Waals surface area contributed by atoms with Gasteiger partial charge in [0, 0.05) is 26.2 Å². The Morgan fingerprint density at radius 2 is 2.16 bits per heavy atom. The number of hydrogen-bond donors (Lipinski definition) is 1. The molecule has 1 aromatic carbocycles. The zero-order chi connectivity index (χ0) is 14.0. The minimum Gasteiger partial charge on any atom is -0.391 e. The van der Waals surface area contributed by atoms with Crippen molar-refractivity contribution >= 4 is 5.82 Å². The van der Waals surface area contributed by atoms with Crippen molar-refractivity contribution in [2.75, 3.05) is 11.9 Å². The van der Waals surface area contributed by atoms with Gasteiger partial charge in [0.15, 0.2) is 0 Å². The Labute approximate surface area is 112 Å². The van der Waals surface area contributed by atoms with E-state index in [0.29, 0.717) is 6.54 Å². The van der Waals surface area contributed by atoms with E-state index in [4.69, 9.17) is 0 Å². The van der Waals surface area contributed by atoms with Gasteiger partial charge < -0.3 is 10.0 Å². The minimum absolute atomic E-state index is 0.0531. The predicted molar refractivity (Wildman–Crippen MR) is 72.4 cm³/mol. The van der Waals surface area contributed by atoms with E-state index >= 15 is 0 Å². The summed E-state index contributed by atoms with van der Waals surface area (Å²) in [6, 6.07) is 6.51. The van der Waals surface area contributed by atoms with Crippen LogP contribution in [0.15, 0.2) is 24.3 Å². The highest BCUT2D eigenvalue weighted by molar-refractivity contribution is 5.49. The van der Waals surface area contributed by atoms with Gasteiger partial charge in [-0.15, -0.1) is 0 Å². The first-order valence-corrected chi connectivity index (χ1v) is 6.12. The molecular weight excluding hydrogens is 245 g/mol. The van der Waals surface area contributed by atoms with Crippen LogP contribution in [0, 0.1) is 12.7 Å². The zero-order valence-corrected chi connectivity index (χ0v) is 11.4. The average Bonchev–Trinajstić information content (AvgIpc) is 2.63. The van der Waals surface area contributed by atoms with Gasteiger partial charge in [0.2, 0.25) is 0 Å². The molecule has 0 saturated heterocycles. The van der Waals surface area contributed by atoms with E-state index in [2.05, 4.69) is 5.10 Å². The summed E-state index contributed by atoms with van der Waals surface area (Å²) in [4.78, 5) is 1.96. The number of hydrogen-bond acceptors (Lipinski definition) is 3. The number of halogens is 1. The van der Waals surface area contributed by atoms with E-state index in [1.807, 2.05) is 32.0 Å². The molecule has 102 valence electrons. The number of aromatic nitrogens is 2. The Hall–Kier alpha value is -1.88. The van der Waals surface area contributed by atoms with Gasteiger partial charge in [-0.25, -0.2) is 4.39 Å². The molecule has 0 atom stereocenters. The van der Waals surface area contributed by atoms with Gasteiger partial charge in [-0.3, -0.25) is 4.68 Å². The van der Waals surface area contributed by atoms with E-state index in [0.717, 1.165) is 22.6 Å². The SMILES string of the molecule is Cc1nn(C)c(N(C)Cc2cccc(F)c2)c1CO. The summed E-state index contributed by atoms with van der Waals surface area (Å²) < 4.78 is 14.9. The molecule has 1 N–H and O–H groups in total. The summed E-state index contributed by atoms with van der Waals surface area (Å²) in [5.41, 5.74) is 2.50. The molecule has 2 rings (SSSR count). The van der Waals surface area contributed by atoms with Crippen LogP contribution >= 0.6 is 0 Å². The van der Waals surface area contributed by atoms with Crippen molar-refractivity contribution in [1.29, 1.82) is 0 Å². The van der Waals surface area contributed by atoms with Crippen molar-refractivity contribution in [1.82, 2.24) is 9.78 Å². The maximum absolute atomic E-state index is 13.2. The topological polar surface area (TPSA) is 41.3 Å². The summed E-state index contributed by atoms with van der Waals surface area (Å²) in [5, 5.41) is 13.7. The normalized spacial score (nSPS) is 10.8.